The molecule has 136 valence electrons. The van der Waals surface area contributed by atoms with Gasteiger partial charge in [-0.2, -0.15) is 0 Å². The minimum absolute atomic E-state index is 0.0826. The molecule has 2 aromatic carbocycles. The Morgan fingerprint density at radius 1 is 1.15 bits per heavy atom. The number of nitrogens with one attached hydrogen (secondary N) is 1. The number of carbonyl (C=O) groups is 1. The van der Waals surface area contributed by atoms with Crippen molar-refractivity contribution in [2.75, 3.05) is 18.5 Å². The van der Waals surface area contributed by atoms with Crippen LogP contribution in [0.25, 0.3) is 0 Å². The topological polar surface area (TPSA) is 41.6 Å². The molecule has 1 amide bonds. The standard InChI is InChI=1S/C22H26N2O2/c1-14-11-15(2)20(16(3)12-14)21-23-19-9-5-4-8-18(19)22(25)24(21)13-17-7-6-10-26-17/h4-5,8-9,11-12,17,21,23H,6-7,10,13H2,1-3H3. The summed E-state index contributed by atoms with van der Waals surface area (Å²) in [7, 11) is 0. The predicted molar refractivity (Wildman–Crippen MR) is 103 cm³/mol. The second-order valence-electron chi connectivity index (χ2n) is 7.50. The van der Waals surface area contributed by atoms with Crippen LogP contribution in [-0.2, 0) is 4.74 Å². The van der Waals surface area contributed by atoms with E-state index in [-0.39, 0.29) is 18.2 Å². The molecule has 2 aliphatic rings. The van der Waals surface area contributed by atoms with Crippen molar-refractivity contribution in [3.63, 3.8) is 0 Å². The van der Waals surface area contributed by atoms with Gasteiger partial charge in [-0.1, -0.05) is 29.8 Å². The van der Waals surface area contributed by atoms with Gasteiger partial charge in [-0.15, -0.1) is 0 Å². The first-order chi connectivity index (χ1) is 12.5. The lowest BCUT2D eigenvalue weighted by molar-refractivity contribution is 0.0426. The summed E-state index contributed by atoms with van der Waals surface area (Å²) in [5.41, 5.74) is 6.51. The zero-order chi connectivity index (χ0) is 18.3. The van der Waals surface area contributed by atoms with Crippen LogP contribution in [0.3, 0.4) is 0 Å². The van der Waals surface area contributed by atoms with Gasteiger partial charge in [0, 0.05) is 24.4 Å². The Balaban J connectivity index is 1.78. The largest absolute Gasteiger partial charge is 0.376 e. The van der Waals surface area contributed by atoms with Gasteiger partial charge in [-0.25, -0.2) is 0 Å². The Labute approximate surface area is 155 Å². The fourth-order valence-corrected chi connectivity index (χ4v) is 4.34. The Bertz CT molecular complexity index is 817. The molecule has 0 bridgehead atoms. The van der Waals surface area contributed by atoms with Crippen LogP contribution < -0.4 is 5.32 Å². The van der Waals surface area contributed by atoms with Crippen LogP contribution in [0.5, 0.6) is 0 Å². The van der Waals surface area contributed by atoms with Crippen LogP contribution in [0.15, 0.2) is 36.4 Å². The lowest BCUT2D eigenvalue weighted by Gasteiger charge is -2.40. The van der Waals surface area contributed by atoms with Crippen LogP contribution in [-0.4, -0.2) is 30.1 Å². The number of anilines is 1. The number of amides is 1. The zero-order valence-corrected chi connectivity index (χ0v) is 15.7. The second kappa shape index (κ2) is 6.76. The number of nitrogens with zero attached hydrogens (tertiary/aromatic N) is 1. The van der Waals surface area contributed by atoms with Crippen LogP contribution >= 0.6 is 0 Å². The molecular formula is C22H26N2O2. The van der Waals surface area contributed by atoms with Gasteiger partial charge in [-0.3, -0.25) is 4.79 Å². The molecule has 0 aliphatic carbocycles. The molecule has 4 heteroatoms. The van der Waals surface area contributed by atoms with Crippen molar-refractivity contribution in [2.24, 2.45) is 0 Å². The maximum atomic E-state index is 13.3. The number of ether oxygens (including phenoxy) is 1. The molecule has 0 aromatic heterocycles. The van der Waals surface area contributed by atoms with Gasteiger partial charge < -0.3 is 15.0 Å². The number of fused-ring (bicyclic) bond motifs is 1. The SMILES string of the molecule is Cc1cc(C)c(C2Nc3ccccc3C(=O)N2CC2CCCO2)c(C)c1. The van der Waals surface area contributed by atoms with Gasteiger partial charge in [0.1, 0.15) is 6.17 Å². The minimum atomic E-state index is -0.165. The van der Waals surface area contributed by atoms with Crippen molar-refractivity contribution >= 4 is 11.6 Å². The molecule has 4 nitrogen and oxygen atoms in total. The van der Waals surface area contributed by atoms with E-state index in [0.717, 1.165) is 30.7 Å². The molecule has 2 aromatic rings. The molecule has 2 aliphatic heterocycles. The normalized spacial score (nSPS) is 22.3. The van der Waals surface area contributed by atoms with Crippen molar-refractivity contribution in [1.82, 2.24) is 4.90 Å². The van der Waals surface area contributed by atoms with E-state index in [9.17, 15) is 4.79 Å². The van der Waals surface area contributed by atoms with Gasteiger partial charge in [-0.05, 0) is 56.9 Å². The Morgan fingerprint density at radius 2 is 1.88 bits per heavy atom. The first kappa shape index (κ1) is 17.1. The fourth-order valence-electron chi connectivity index (χ4n) is 4.34. The molecule has 2 atom stereocenters. The quantitative estimate of drug-likeness (QED) is 0.894. The van der Waals surface area contributed by atoms with Crippen molar-refractivity contribution < 1.29 is 9.53 Å². The molecule has 1 fully saturated rings. The highest BCUT2D eigenvalue weighted by Gasteiger charge is 2.36. The summed E-state index contributed by atoms with van der Waals surface area (Å²) in [5, 5.41) is 3.62. The highest BCUT2D eigenvalue weighted by atomic mass is 16.5. The maximum Gasteiger partial charge on any atom is 0.257 e. The number of aryl methyl sites for hydroxylation is 3. The third-order valence-corrected chi connectivity index (χ3v) is 5.46. The second-order valence-corrected chi connectivity index (χ2v) is 7.50. The van der Waals surface area contributed by atoms with Crippen molar-refractivity contribution in [2.45, 2.75) is 45.9 Å². The maximum absolute atomic E-state index is 13.3. The van der Waals surface area contributed by atoms with E-state index in [4.69, 9.17) is 4.74 Å². The lowest BCUT2D eigenvalue weighted by Crippen LogP contribution is -2.46. The van der Waals surface area contributed by atoms with E-state index in [0.29, 0.717) is 6.54 Å². The number of rotatable bonds is 3. The highest BCUT2D eigenvalue weighted by molar-refractivity contribution is 6.01. The van der Waals surface area contributed by atoms with E-state index in [1.165, 1.54) is 22.3 Å². The third-order valence-electron chi connectivity index (χ3n) is 5.46. The van der Waals surface area contributed by atoms with Crippen LogP contribution in [0.2, 0.25) is 0 Å². The third kappa shape index (κ3) is 2.99. The van der Waals surface area contributed by atoms with Crippen molar-refractivity contribution in [3.8, 4) is 0 Å². The molecule has 26 heavy (non-hydrogen) atoms. The fraction of sp³-hybridized carbons (Fsp3) is 0.409. The van der Waals surface area contributed by atoms with Gasteiger partial charge in [0.25, 0.3) is 5.91 Å². The number of hydrogen-bond acceptors (Lipinski definition) is 3. The van der Waals surface area contributed by atoms with E-state index < -0.39 is 0 Å². The molecule has 0 saturated carbocycles. The van der Waals surface area contributed by atoms with Gasteiger partial charge in [0.2, 0.25) is 0 Å². The lowest BCUT2D eigenvalue weighted by atomic mass is 9.94. The molecule has 2 unspecified atom stereocenters. The average Bonchev–Trinajstić information content (AvgIpc) is 3.10. The smallest absolute Gasteiger partial charge is 0.257 e. The number of para-hydroxylation sites is 1. The van der Waals surface area contributed by atoms with Gasteiger partial charge in [0.05, 0.1) is 11.7 Å². The summed E-state index contributed by atoms with van der Waals surface area (Å²) in [6.07, 6.45) is 2.05. The molecule has 1 N–H and O–H groups in total. The summed E-state index contributed by atoms with van der Waals surface area (Å²) in [4.78, 5) is 15.3. The van der Waals surface area contributed by atoms with Crippen LogP contribution in [0.1, 0.15) is 51.6 Å². The van der Waals surface area contributed by atoms with E-state index >= 15 is 0 Å². The molecule has 4 rings (SSSR count). The average molecular weight is 350 g/mol. The predicted octanol–water partition coefficient (Wildman–Crippen LogP) is 4.36. The number of carbonyl (C=O) groups excluding carboxylic acids is 1. The van der Waals surface area contributed by atoms with E-state index in [1.54, 1.807) is 0 Å². The first-order valence-electron chi connectivity index (χ1n) is 9.40. The zero-order valence-electron chi connectivity index (χ0n) is 15.7. The van der Waals surface area contributed by atoms with Crippen LogP contribution in [0.4, 0.5) is 5.69 Å². The Hall–Kier alpha value is -2.33. The van der Waals surface area contributed by atoms with Gasteiger partial charge >= 0.3 is 0 Å². The summed E-state index contributed by atoms with van der Waals surface area (Å²) >= 11 is 0. The molecule has 2 heterocycles. The monoisotopic (exact) mass is 350 g/mol. The van der Waals surface area contributed by atoms with Crippen LogP contribution in [0, 0.1) is 20.8 Å². The summed E-state index contributed by atoms with van der Waals surface area (Å²) < 4.78 is 5.83. The van der Waals surface area contributed by atoms with Gasteiger partial charge in [0.15, 0.2) is 0 Å². The molecule has 0 spiro atoms. The Kier molecular flexibility index (Phi) is 4.45. The van der Waals surface area contributed by atoms with Crippen molar-refractivity contribution in [1.29, 1.82) is 0 Å². The number of hydrogen-bond donors (Lipinski definition) is 1. The van der Waals surface area contributed by atoms with E-state index in [2.05, 4.69) is 38.2 Å². The summed E-state index contributed by atoms with van der Waals surface area (Å²) in [6.45, 7) is 7.79. The molecule has 0 radical (unpaired) electrons. The minimum Gasteiger partial charge on any atom is -0.376 e. The molecular weight excluding hydrogens is 324 g/mol. The number of benzene rings is 2. The highest BCUT2D eigenvalue weighted by Crippen LogP contribution is 2.36. The molecule has 1 saturated heterocycles. The summed E-state index contributed by atoms with van der Waals surface area (Å²) in [5.74, 6) is 0.0826. The van der Waals surface area contributed by atoms with E-state index in [1.807, 2.05) is 29.2 Å². The first-order valence-corrected chi connectivity index (χ1v) is 9.40. The summed E-state index contributed by atoms with van der Waals surface area (Å²) in [6, 6.07) is 12.2. The Morgan fingerprint density at radius 3 is 2.58 bits per heavy atom. The van der Waals surface area contributed by atoms with Crippen molar-refractivity contribution in [3.05, 3.63) is 64.2 Å².